The third-order valence-corrected chi connectivity index (χ3v) is 4.84. The number of hydrogen-bond donors (Lipinski definition) is 1. The summed E-state index contributed by atoms with van der Waals surface area (Å²) in [6.07, 6.45) is 5.25. The van der Waals surface area contributed by atoms with Crippen LogP contribution in [-0.2, 0) is 6.54 Å². The summed E-state index contributed by atoms with van der Waals surface area (Å²) in [7, 11) is 0. The summed E-state index contributed by atoms with van der Waals surface area (Å²) in [5.74, 6) is 0.369. The zero-order valence-corrected chi connectivity index (χ0v) is 16.1. The minimum absolute atomic E-state index is 0.270. The average molecular weight is 371 g/mol. The fraction of sp³-hybridized carbons (Fsp3) is 0.238. The lowest BCUT2D eigenvalue weighted by molar-refractivity contribution is 0.532. The smallest absolute Gasteiger partial charge is 0.147 e. The van der Waals surface area contributed by atoms with Gasteiger partial charge in [-0.2, -0.15) is 10.4 Å². The Bertz CT molecular complexity index is 1190. The Hall–Kier alpha value is -3.66. The van der Waals surface area contributed by atoms with E-state index in [0.29, 0.717) is 29.1 Å². The number of benzene rings is 1. The third-order valence-electron chi connectivity index (χ3n) is 4.84. The molecule has 7 nitrogen and oxygen atoms in total. The van der Waals surface area contributed by atoms with Gasteiger partial charge in [0.05, 0.1) is 18.1 Å². The molecule has 4 aromatic rings. The zero-order valence-electron chi connectivity index (χ0n) is 16.1. The fourth-order valence-corrected chi connectivity index (χ4v) is 3.39. The van der Waals surface area contributed by atoms with E-state index in [4.69, 9.17) is 5.73 Å². The number of fused-ring (bicyclic) bond motifs is 1. The van der Waals surface area contributed by atoms with Gasteiger partial charge >= 0.3 is 0 Å². The Balaban J connectivity index is 1.95. The number of rotatable bonds is 4. The predicted octanol–water partition coefficient (Wildman–Crippen LogP) is 3.69. The van der Waals surface area contributed by atoms with Crippen LogP contribution in [-0.4, -0.2) is 24.3 Å². The first-order valence-electron chi connectivity index (χ1n) is 9.12. The van der Waals surface area contributed by atoms with Crippen LogP contribution >= 0.6 is 0 Å². The molecule has 0 unspecified atom stereocenters. The highest BCUT2D eigenvalue weighted by Crippen LogP contribution is 2.36. The van der Waals surface area contributed by atoms with Gasteiger partial charge in [0.15, 0.2) is 0 Å². The van der Waals surface area contributed by atoms with E-state index in [0.717, 1.165) is 22.3 Å². The summed E-state index contributed by atoms with van der Waals surface area (Å²) in [6, 6.07) is 10.7. The summed E-state index contributed by atoms with van der Waals surface area (Å²) < 4.78 is 3.79. The van der Waals surface area contributed by atoms with Gasteiger partial charge in [-0.25, -0.2) is 9.97 Å². The number of anilines is 1. The van der Waals surface area contributed by atoms with Crippen LogP contribution in [0, 0.1) is 18.3 Å². The summed E-state index contributed by atoms with van der Waals surface area (Å²) >= 11 is 0. The monoisotopic (exact) mass is 371 g/mol. The topological polar surface area (TPSA) is 98.3 Å². The molecule has 4 rings (SSSR count). The van der Waals surface area contributed by atoms with Gasteiger partial charge in [0.25, 0.3) is 0 Å². The lowest BCUT2D eigenvalue weighted by Crippen LogP contribution is -2.04. The fourth-order valence-electron chi connectivity index (χ4n) is 3.39. The zero-order chi connectivity index (χ0) is 19.8. The van der Waals surface area contributed by atoms with Crippen LogP contribution in [0.4, 0.5) is 5.82 Å². The van der Waals surface area contributed by atoms with Gasteiger partial charge in [-0.3, -0.25) is 4.68 Å². The van der Waals surface area contributed by atoms with E-state index in [2.05, 4.69) is 35.0 Å². The van der Waals surface area contributed by atoms with Gasteiger partial charge in [-0.15, -0.1) is 0 Å². The molecule has 0 saturated carbocycles. The normalized spacial score (nSPS) is 11.2. The van der Waals surface area contributed by atoms with Gasteiger partial charge in [0.1, 0.15) is 29.6 Å². The molecule has 140 valence electrons. The Morgan fingerprint density at radius 1 is 1.18 bits per heavy atom. The van der Waals surface area contributed by atoms with Crippen molar-refractivity contribution >= 4 is 16.9 Å². The summed E-state index contributed by atoms with van der Waals surface area (Å²) in [6.45, 7) is 6.66. The van der Waals surface area contributed by atoms with Crippen molar-refractivity contribution in [2.45, 2.75) is 33.4 Å². The van der Waals surface area contributed by atoms with E-state index in [1.165, 1.54) is 6.33 Å². The molecule has 0 saturated heterocycles. The minimum Gasteiger partial charge on any atom is -0.383 e. The second-order valence-electron chi connectivity index (χ2n) is 7.17. The van der Waals surface area contributed by atoms with E-state index in [1.807, 2.05) is 52.8 Å². The lowest BCUT2D eigenvalue weighted by Gasteiger charge is -2.06. The maximum absolute atomic E-state index is 10.00. The number of nitrogens with zero attached hydrogens (tertiary/aromatic N) is 6. The highest BCUT2D eigenvalue weighted by Gasteiger charge is 2.22. The van der Waals surface area contributed by atoms with Crippen molar-refractivity contribution in [3.05, 3.63) is 59.8 Å². The molecule has 0 radical (unpaired) electrons. The van der Waals surface area contributed by atoms with Crippen molar-refractivity contribution in [2.24, 2.45) is 0 Å². The molecular weight excluding hydrogens is 350 g/mol. The second kappa shape index (κ2) is 6.82. The highest BCUT2D eigenvalue weighted by atomic mass is 15.3. The second-order valence-corrected chi connectivity index (χ2v) is 7.17. The number of hydrogen-bond acceptors (Lipinski definition) is 5. The van der Waals surface area contributed by atoms with Crippen molar-refractivity contribution in [3.8, 4) is 17.2 Å². The SMILES string of the molecule is Cc1ccc(-c2c(C#N)n(Cc3cnn(C(C)C)c3)c3ncnc(N)c23)cc1. The van der Waals surface area contributed by atoms with Crippen LogP contribution in [0.1, 0.15) is 36.7 Å². The highest BCUT2D eigenvalue weighted by molar-refractivity contribution is 6.03. The van der Waals surface area contributed by atoms with Gasteiger partial charge in [-0.05, 0) is 26.3 Å². The Morgan fingerprint density at radius 3 is 2.57 bits per heavy atom. The first-order valence-corrected chi connectivity index (χ1v) is 9.12. The molecule has 0 aliphatic heterocycles. The number of nitriles is 1. The number of nitrogens with two attached hydrogens (primary N) is 1. The van der Waals surface area contributed by atoms with Crippen LogP contribution in [0.2, 0.25) is 0 Å². The Labute approximate surface area is 163 Å². The molecule has 0 fully saturated rings. The molecular formula is C21H21N7. The first-order chi connectivity index (χ1) is 13.5. The molecule has 3 heterocycles. The number of nitrogen functional groups attached to an aromatic ring is 1. The molecule has 0 atom stereocenters. The van der Waals surface area contributed by atoms with Crippen molar-refractivity contribution in [3.63, 3.8) is 0 Å². The quantitative estimate of drug-likeness (QED) is 0.590. The third kappa shape index (κ3) is 2.89. The van der Waals surface area contributed by atoms with Gasteiger partial charge in [-0.1, -0.05) is 29.8 Å². The Kier molecular flexibility index (Phi) is 4.32. The number of aromatic nitrogens is 5. The van der Waals surface area contributed by atoms with Crippen molar-refractivity contribution in [1.82, 2.24) is 24.3 Å². The molecule has 0 bridgehead atoms. The molecule has 2 N–H and O–H groups in total. The van der Waals surface area contributed by atoms with E-state index in [9.17, 15) is 5.26 Å². The van der Waals surface area contributed by atoms with E-state index >= 15 is 0 Å². The Morgan fingerprint density at radius 2 is 1.93 bits per heavy atom. The van der Waals surface area contributed by atoms with Crippen molar-refractivity contribution < 1.29 is 0 Å². The summed E-state index contributed by atoms with van der Waals surface area (Å²) in [5.41, 5.74) is 11.2. The molecule has 7 heteroatoms. The average Bonchev–Trinajstić information content (AvgIpc) is 3.27. The molecule has 28 heavy (non-hydrogen) atoms. The van der Waals surface area contributed by atoms with E-state index in [-0.39, 0.29) is 6.04 Å². The standard InChI is InChI=1S/C21H21N7/c1-13(2)28-11-15(9-26-28)10-27-17(8-22)18(16-6-4-14(3)5-7-16)19-20(23)24-12-25-21(19)27/h4-7,9,11-13H,10H2,1-3H3,(H2,23,24,25). The van der Waals surface area contributed by atoms with E-state index in [1.54, 1.807) is 0 Å². The van der Waals surface area contributed by atoms with Crippen molar-refractivity contribution in [2.75, 3.05) is 5.73 Å². The van der Waals surface area contributed by atoms with E-state index < -0.39 is 0 Å². The van der Waals surface area contributed by atoms with Crippen LogP contribution in [0.5, 0.6) is 0 Å². The lowest BCUT2D eigenvalue weighted by atomic mass is 10.0. The largest absolute Gasteiger partial charge is 0.383 e. The maximum Gasteiger partial charge on any atom is 0.147 e. The summed E-state index contributed by atoms with van der Waals surface area (Å²) in [4.78, 5) is 8.61. The van der Waals surface area contributed by atoms with Crippen LogP contribution in [0.25, 0.3) is 22.2 Å². The molecule has 1 aromatic carbocycles. The van der Waals surface area contributed by atoms with Crippen LogP contribution < -0.4 is 5.73 Å². The number of aryl methyl sites for hydroxylation is 1. The minimum atomic E-state index is 0.270. The predicted molar refractivity (Wildman–Crippen MR) is 109 cm³/mol. The maximum atomic E-state index is 10.00. The molecule has 0 aliphatic rings. The molecule has 0 aliphatic carbocycles. The van der Waals surface area contributed by atoms with Crippen LogP contribution in [0.15, 0.2) is 43.0 Å². The molecule has 0 amide bonds. The van der Waals surface area contributed by atoms with Crippen LogP contribution in [0.3, 0.4) is 0 Å². The molecule has 0 spiro atoms. The van der Waals surface area contributed by atoms with Crippen molar-refractivity contribution in [1.29, 1.82) is 5.26 Å². The molecule has 3 aromatic heterocycles. The van der Waals surface area contributed by atoms with Gasteiger partial charge in [0, 0.05) is 23.4 Å². The van der Waals surface area contributed by atoms with Gasteiger partial charge < -0.3 is 10.3 Å². The first kappa shape index (κ1) is 17.7. The van der Waals surface area contributed by atoms with Gasteiger partial charge in [0.2, 0.25) is 0 Å². The summed E-state index contributed by atoms with van der Waals surface area (Å²) in [5, 5.41) is 15.1.